The molecule has 2 N–H and O–H groups in total. The molecule has 5 nitrogen and oxygen atoms in total. The first-order chi connectivity index (χ1) is 8.54. The lowest BCUT2D eigenvalue weighted by atomic mass is 10.2. The van der Waals surface area contributed by atoms with Gasteiger partial charge in [0, 0.05) is 0 Å². The van der Waals surface area contributed by atoms with Crippen LogP contribution >= 0.6 is 0 Å². The summed E-state index contributed by atoms with van der Waals surface area (Å²) in [7, 11) is 0. The second-order valence-corrected chi connectivity index (χ2v) is 3.59. The lowest BCUT2D eigenvalue weighted by Crippen LogP contribution is -2.42. The Hall–Kier alpha value is -2.11. The number of hydrogen-bond donors (Lipinski definition) is 2. The Balaban J connectivity index is 2.47. The van der Waals surface area contributed by atoms with E-state index in [0.717, 1.165) is 0 Å². The summed E-state index contributed by atoms with van der Waals surface area (Å²) in [4.78, 5) is 22.1. The van der Waals surface area contributed by atoms with Gasteiger partial charge in [-0.15, -0.1) is 0 Å². The van der Waals surface area contributed by atoms with Crippen LogP contribution < -0.4 is 10.1 Å². The van der Waals surface area contributed by atoms with Crippen molar-refractivity contribution in [2.75, 3.05) is 6.61 Å². The second-order valence-electron chi connectivity index (χ2n) is 3.59. The van der Waals surface area contributed by atoms with Gasteiger partial charge in [-0.2, -0.15) is 0 Å². The highest BCUT2D eigenvalue weighted by molar-refractivity contribution is 5.84. The smallest absolute Gasteiger partial charge is 0.326 e. The van der Waals surface area contributed by atoms with E-state index in [2.05, 4.69) is 5.32 Å². The molecule has 0 heterocycles. The fourth-order valence-corrected chi connectivity index (χ4v) is 1.28. The predicted octanol–water partition coefficient (Wildman–Crippen LogP) is 1.18. The van der Waals surface area contributed by atoms with E-state index in [-0.39, 0.29) is 12.2 Å². The summed E-state index contributed by atoms with van der Waals surface area (Å²) in [5.74, 6) is -2.34. The number of carboxylic acids is 1. The number of halogens is 1. The largest absolute Gasteiger partial charge is 0.481 e. The molecule has 1 amide bonds. The molecule has 18 heavy (non-hydrogen) atoms. The van der Waals surface area contributed by atoms with Crippen molar-refractivity contribution in [1.82, 2.24) is 5.32 Å². The van der Waals surface area contributed by atoms with Crippen LogP contribution in [0.3, 0.4) is 0 Å². The normalized spacial score (nSPS) is 11.7. The molecule has 0 aromatic heterocycles. The summed E-state index contributed by atoms with van der Waals surface area (Å²) in [6.07, 6.45) is 0.265. The number of carbonyl (C=O) groups excluding carboxylic acids is 1. The summed E-state index contributed by atoms with van der Waals surface area (Å²) >= 11 is 0. The third-order valence-electron chi connectivity index (χ3n) is 2.24. The highest BCUT2D eigenvalue weighted by Crippen LogP contribution is 2.14. The summed E-state index contributed by atoms with van der Waals surface area (Å²) in [5, 5.41) is 11.0. The van der Waals surface area contributed by atoms with Gasteiger partial charge < -0.3 is 15.2 Å². The van der Waals surface area contributed by atoms with Crippen molar-refractivity contribution in [3.05, 3.63) is 30.1 Å². The summed E-state index contributed by atoms with van der Waals surface area (Å²) in [5.41, 5.74) is 0. The topological polar surface area (TPSA) is 75.6 Å². The lowest BCUT2D eigenvalue weighted by molar-refractivity contribution is -0.142. The summed E-state index contributed by atoms with van der Waals surface area (Å²) in [6, 6.07) is 4.71. The second kappa shape index (κ2) is 6.58. The number of benzene rings is 1. The molecule has 0 unspecified atom stereocenters. The zero-order chi connectivity index (χ0) is 13.5. The molecule has 1 aromatic rings. The number of para-hydroxylation sites is 1. The number of nitrogens with one attached hydrogen (secondary N) is 1. The van der Waals surface area contributed by atoms with Gasteiger partial charge in [0.25, 0.3) is 5.91 Å². The molecule has 1 atom stereocenters. The Bertz CT molecular complexity index is 436. The summed E-state index contributed by atoms with van der Waals surface area (Å²) in [6.45, 7) is 1.21. The first-order valence-corrected chi connectivity index (χ1v) is 5.44. The van der Waals surface area contributed by atoms with Gasteiger partial charge in [-0.1, -0.05) is 19.1 Å². The van der Waals surface area contributed by atoms with E-state index in [1.807, 2.05) is 0 Å². The van der Waals surface area contributed by atoms with Gasteiger partial charge in [0.2, 0.25) is 0 Å². The highest BCUT2D eigenvalue weighted by Gasteiger charge is 2.17. The molecule has 0 aliphatic carbocycles. The minimum atomic E-state index is -1.11. The van der Waals surface area contributed by atoms with Crippen molar-refractivity contribution in [3.8, 4) is 5.75 Å². The third-order valence-corrected chi connectivity index (χ3v) is 2.24. The molecule has 6 heteroatoms. The van der Waals surface area contributed by atoms with E-state index >= 15 is 0 Å². The number of amides is 1. The SMILES string of the molecule is CC[C@H](NC(=O)COc1ccccc1F)C(=O)O. The molecule has 1 rings (SSSR count). The average molecular weight is 255 g/mol. The van der Waals surface area contributed by atoms with Crippen LogP contribution in [0.25, 0.3) is 0 Å². The molecular weight excluding hydrogens is 241 g/mol. The predicted molar refractivity (Wildman–Crippen MR) is 61.8 cm³/mol. The van der Waals surface area contributed by atoms with Crippen molar-refractivity contribution in [2.45, 2.75) is 19.4 Å². The molecular formula is C12H14FNO4. The molecule has 98 valence electrons. The Labute approximate surface area is 104 Å². The average Bonchev–Trinajstić information content (AvgIpc) is 2.34. The number of carboxylic acid groups (broad SMARTS) is 1. The fourth-order valence-electron chi connectivity index (χ4n) is 1.28. The van der Waals surface area contributed by atoms with Gasteiger partial charge in [0.05, 0.1) is 0 Å². The number of carbonyl (C=O) groups is 2. The maximum Gasteiger partial charge on any atom is 0.326 e. The van der Waals surface area contributed by atoms with Crippen LogP contribution in [0.15, 0.2) is 24.3 Å². The van der Waals surface area contributed by atoms with E-state index in [9.17, 15) is 14.0 Å². The quantitative estimate of drug-likeness (QED) is 0.800. The number of aliphatic carboxylic acids is 1. The van der Waals surface area contributed by atoms with Crippen molar-refractivity contribution in [3.63, 3.8) is 0 Å². The van der Waals surface area contributed by atoms with Crippen LogP contribution in [0, 0.1) is 5.82 Å². The molecule has 1 aromatic carbocycles. The van der Waals surface area contributed by atoms with Gasteiger partial charge in [-0.25, -0.2) is 9.18 Å². The van der Waals surface area contributed by atoms with E-state index in [4.69, 9.17) is 9.84 Å². The number of ether oxygens (including phenoxy) is 1. The van der Waals surface area contributed by atoms with Crippen LogP contribution in [-0.4, -0.2) is 29.6 Å². The Morgan fingerprint density at radius 3 is 2.67 bits per heavy atom. The molecule has 0 aliphatic heterocycles. The van der Waals surface area contributed by atoms with Crippen molar-refractivity contribution < 1.29 is 23.8 Å². The van der Waals surface area contributed by atoms with Crippen molar-refractivity contribution in [2.24, 2.45) is 0 Å². The molecule has 0 spiro atoms. The molecule has 0 fully saturated rings. The minimum Gasteiger partial charge on any atom is -0.481 e. The van der Waals surface area contributed by atoms with E-state index in [1.165, 1.54) is 18.2 Å². The fraction of sp³-hybridized carbons (Fsp3) is 0.333. The highest BCUT2D eigenvalue weighted by atomic mass is 19.1. The lowest BCUT2D eigenvalue weighted by Gasteiger charge is -2.12. The van der Waals surface area contributed by atoms with Crippen LogP contribution in [-0.2, 0) is 9.59 Å². The molecule has 0 bridgehead atoms. The number of hydrogen-bond acceptors (Lipinski definition) is 3. The van der Waals surface area contributed by atoms with Gasteiger partial charge in [0.15, 0.2) is 18.2 Å². The zero-order valence-electron chi connectivity index (χ0n) is 9.85. The van der Waals surface area contributed by atoms with E-state index < -0.39 is 30.3 Å². The minimum absolute atomic E-state index is 0.0453. The van der Waals surface area contributed by atoms with Crippen LogP contribution in [0.2, 0.25) is 0 Å². The van der Waals surface area contributed by atoms with Crippen molar-refractivity contribution >= 4 is 11.9 Å². The summed E-state index contributed by atoms with van der Waals surface area (Å²) < 4.78 is 18.1. The standard InChI is InChI=1S/C12H14FNO4/c1-2-9(12(16)17)14-11(15)7-18-10-6-4-3-5-8(10)13/h3-6,9H,2,7H2,1H3,(H,14,15)(H,16,17)/t9-/m0/s1. The maximum absolute atomic E-state index is 13.1. The van der Waals surface area contributed by atoms with Crippen LogP contribution in [0.5, 0.6) is 5.75 Å². The monoisotopic (exact) mass is 255 g/mol. The molecule has 0 saturated carbocycles. The molecule has 0 radical (unpaired) electrons. The molecule has 0 saturated heterocycles. The Morgan fingerprint density at radius 1 is 1.44 bits per heavy atom. The third kappa shape index (κ3) is 4.04. The van der Waals surface area contributed by atoms with E-state index in [1.54, 1.807) is 13.0 Å². The van der Waals surface area contributed by atoms with Crippen LogP contribution in [0.4, 0.5) is 4.39 Å². The maximum atomic E-state index is 13.1. The zero-order valence-corrected chi connectivity index (χ0v) is 9.85. The van der Waals surface area contributed by atoms with Gasteiger partial charge in [0.1, 0.15) is 6.04 Å². The first kappa shape index (κ1) is 14.0. The van der Waals surface area contributed by atoms with E-state index in [0.29, 0.717) is 0 Å². The van der Waals surface area contributed by atoms with Gasteiger partial charge in [-0.3, -0.25) is 4.79 Å². The molecule has 0 aliphatic rings. The van der Waals surface area contributed by atoms with Gasteiger partial charge in [-0.05, 0) is 18.6 Å². The Kier molecular flexibility index (Phi) is 5.10. The van der Waals surface area contributed by atoms with Crippen molar-refractivity contribution in [1.29, 1.82) is 0 Å². The van der Waals surface area contributed by atoms with Crippen LogP contribution in [0.1, 0.15) is 13.3 Å². The first-order valence-electron chi connectivity index (χ1n) is 5.44. The Morgan fingerprint density at radius 2 is 2.11 bits per heavy atom. The van der Waals surface area contributed by atoms with Gasteiger partial charge >= 0.3 is 5.97 Å². The number of rotatable bonds is 6.